The lowest BCUT2D eigenvalue weighted by Gasteiger charge is -2.23. The van der Waals surface area contributed by atoms with Crippen molar-refractivity contribution in [1.82, 2.24) is 5.32 Å². The van der Waals surface area contributed by atoms with Crippen LogP contribution in [-0.2, 0) is 4.79 Å². The van der Waals surface area contributed by atoms with E-state index in [0.29, 0.717) is 18.9 Å². The van der Waals surface area contributed by atoms with Crippen molar-refractivity contribution in [2.45, 2.75) is 55.1 Å². The van der Waals surface area contributed by atoms with E-state index < -0.39 is 0 Å². The first kappa shape index (κ1) is 20.4. The van der Waals surface area contributed by atoms with E-state index in [4.69, 9.17) is 17.4 Å². The summed E-state index contributed by atoms with van der Waals surface area (Å²) in [6, 6.07) is 16.2. The van der Waals surface area contributed by atoms with Crippen LogP contribution in [0.15, 0.2) is 48.5 Å². The topological polar surface area (TPSA) is 58.6 Å². The molecule has 0 radical (unpaired) electrons. The summed E-state index contributed by atoms with van der Waals surface area (Å²) in [5, 5.41) is 13.3. The maximum atomic E-state index is 13.2. The van der Waals surface area contributed by atoms with E-state index >= 15 is 0 Å². The van der Waals surface area contributed by atoms with E-state index in [1.54, 1.807) is 0 Å². The number of carbonyl (C=O) groups is 1. The predicted molar refractivity (Wildman–Crippen MR) is 120 cm³/mol. The molecular weight excluding hydrogens is 381 g/mol. The maximum absolute atomic E-state index is 13.2. The Morgan fingerprint density at radius 3 is 2.62 bits per heavy atom. The van der Waals surface area contributed by atoms with Crippen molar-refractivity contribution in [2.24, 2.45) is 0 Å². The van der Waals surface area contributed by atoms with Gasteiger partial charge in [0.05, 0.1) is 12.5 Å². The van der Waals surface area contributed by atoms with Gasteiger partial charge in [0.2, 0.25) is 5.91 Å². The number of nitrogens with one attached hydrogen (secondary N) is 1. The molecule has 1 amide bonds. The van der Waals surface area contributed by atoms with Crippen molar-refractivity contribution < 1.29 is 14.6 Å². The third kappa shape index (κ3) is 4.19. The number of carbonyl (C=O) groups excluding carboxylic acids is 1. The Labute approximate surface area is 178 Å². The molecule has 3 unspecified atom stereocenters. The van der Waals surface area contributed by atoms with Gasteiger partial charge in [0.25, 0.3) is 7.48 Å². The third-order valence-corrected chi connectivity index (χ3v) is 7.15. The zero-order chi connectivity index (χ0) is 20.4. The maximum Gasteiger partial charge on any atom is 0.293 e. The molecule has 29 heavy (non-hydrogen) atoms. The number of fused-ring (bicyclic) bond motifs is 2. The second-order valence-electron chi connectivity index (χ2n) is 8.28. The van der Waals surface area contributed by atoms with Crippen LogP contribution in [0.2, 0.25) is 0 Å². The van der Waals surface area contributed by atoms with E-state index in [0.717, 1.165) is 29.7 Å². The number of hydrogen-bond acceptors (Lipinski definition) is 4. The fourth-order valence-corrected chi connectivity index (χ4v) is 5.02. The van der Waals surface area contributed by atoms with Crippen molar-refractivity contribution in [2.75, 3.05) is 6.61 Å². The molecule has 1 aliphatic carbocycles. The minimum atomic E-state index is -0.290. The molecule has 4 rings (SSSR count). The quantitative estimate of drug-likeness (QED) is 0.404. The highest BCUT2D eigenvalue weighted by Crippen LogP contribution is 2.39. The molecule has 0 fully saturated rings. The molecule has 1 aliphatic heterocycles. The second kappa shape index (κ2) is 8.84. The molecule has 0 spiro atoms. The van der Waals surface area contributed by atoms with E-state index in [1.165, 1.54) is 5.56 Å². The van der Waals surface area contributed by atoms with Crippen molar-refractivity contribution in [3.63, 3.8) is 0 Å². The predicted octanol–water partition coefficient (Wildman–Crippen LogP) is 3.32. The highest BCUT2D eigenvalue weighted by atomic mass is 32.1. The van der Waals surface area contributed by atoms with Gasteiger partial charge in [-0.2, -0.15) is 12.6 Å². The zero-order valence-corrected chi connectivity index (χ0v) is 17.6. The molecule has 1 heterocycles. The molecule has 2 aromatic carbocycles. The molecule has 5 atom stereocenters. The van der Waals surface area contributed by atoms with Crippen LogP contribution in [0.3, 0.4) is 0 Å². The van der Waals surface area contributed by atoms with E-state index in [1.807, 2.05) is 30.3 Å². The lowest BCUT2D eigenvalue weighted by Crippen LogP contribution is -2.43. The summed E-state index contributed by atoms with van der Waals surface area (Å²) in [4.78, 5) is 13.2. The van der Waals surface area contributed by atoms with Gasteiger partial charge in [-0.25, -0.2) is 0 Å². The van der Waals surface area contributed by atoms with Gasteiger partial charge in [-0.15, -0.1) is 0 Å². The van der Waals surface area contributed by atoms with Gasteiger partial charge in [0.1, 0.15) is 5.75 Å². The number of amides is 1. The fourth-order valence-electron chi connectivity index (χ4n) is 4.71. The molecule has 0 aromatic heterocycles. The van der Waals surface area contributed by atoms with Gasteiger partial charge < -0.3 is 15.1 Å². The van der Waals surface area contributed by atoms with Gasteiger partial charge in [-0.1, -0.05) is 49.4 Å². The van der Waals surface area contributed by atoms with E-state index in [2.05, 4.69) is 30.4 Å². The number of benzene rings is 2. The zero-order valence-electron chi connectivity index (χ0n) is 16.8. The minimum absolute atomic E-state index is 0.00154. The number of para-hydroxylation sites is 1. The highest BCUT2D eigenvalue weighted by Gasteiger charge is 2.33. The molecule has 0 saturated heterocycles. The Balaban J connectivity index is 1.49. The summed E-state index contributed by atoms with van der Waals surface area (Å²) in [6.45, 7) is 2.78. The van der Waals surface area contributed by atoms with E-state index in [-0.39, 0.29) is 36.4 Å². The Morgan fingerprint density at radius 1 is 1.17 bits per heavy atom. The molecule has 2 N–H and O–H groups in total. The Kier molecular flexibility index (Phi) is 6.21. The largest absolute Gasteiger partial charge is 0.493 e. The van der Waals surface area contributed by atoms with Crippen LogP contribution >= 0.6 is 12.6 Å². The smallest absolute Gasteiger partial charge is 0.293 e. The number of hydrogen-bond donors (Lipinski definition) is 3. The lowest BCUT2D eigenvalue weighted by molar-refractivity contribution is -0.123. The van der Waals surface area contributed by atoms with Crippen LogP contribution in [-0.4, -0.2) is 36.2 Å². The average Bonchev–Trinajstić information content (AvgIpc) is 3.10. The molecule has 2 aliphatic rings. The van der Waals surface area contributed by atoms with Crippen molar-refractivity contribution >= 4 is 26.0 Å². The number of rotatable bonds is 5. The first-order chi connectivity index (χ1) is 14.1. The second-order valence-corrected chi connectivity index (χ2v) is 8.95. The van der Waals surface area contributed by atoms with Crippen molar-refractivity contribution in [1.29, 1.82) is 0 Å². The molecule has 0 saturated carbocycles. The molecule has 0 bridgehead atoms. The summed E-state index contributed by atoms with van der Waals surface area (Å²) in [5.74, 6) is 0.916. The van der Waals surface area contributed by atoms with Gasteiger partial charge in [-0.05, 0) is 42.4 Å². The number of thiol groups is 1. The molecular formula is C23H28BNO3S. The highest BCUT2D eigenvalue weighted by molar-refractivity contribution is 7.81. The average molecular weight is 409 g/mol. The molecule has 152 valence electrons. The summed E-state index contributed by atoms with van der Waals surface area (Å²) in [6.07, 6.45) is 2.33. The first-order valence-corrected chi connectivity index (χ1v) is 11.0. The van der Waals surface area contributed by atoms with Crippen molar-refractivity contribution in [3.8, 4) is 5.75 Å². The van der Waals surface area contributed by atoms with Crippen molar-refractivity contribution in [3.05, 3.63) is 65.2 Å². The fraction of sp³-hybridized carbons (Fsp3) is 0.435. The van der Waals surface area contributed by atoms with E-state index in [9.17, 15) is 9.82 Å². The monoisotopic (exact) mass is 409 g/mol. The van der Waals surface area contributed by atoms with Crippen LogP contribution in [0.4, 0.5) is 0 Å². The SMILES string of the molecule is CC1c2ccccc2C(C(=O)N[C@H](BO)C[C@@H]2COc3ccccc32)CCC1S. The van der Waals surface area contributed by atoms with Crippen LogP contribution in [0.25, 0.3) is 0 Å². The summed E-state index contributed by atoms with van der Waals surface area (Å²) >= 11 is 4.77. The van der Waals surface area contributed by atoms with Gasteiger partial charge in [0, 0.05) is 22.7 Å². The Bertz CT molecular complexity index is 877. The molecule has 4 nitrogen and oxygen atoms in total. The van der Waals surface area contributed by atoms with Gasteiger partial charge in [0.15, 0.2) is 0 Å². The third-order valence-electron chi connectivity index (χ3n) is 6.44. The van der Waals surface area contributed by atoms with Gasteiger partial charge in [-0.3, -0.25) is 4.79 Å². The minimum Gasteiger partial charge on any atom is -0.493 e. The van der Waals surface area contributed by atoms with Crippen LogP contribution in [0.1, 0.15) is 60.6 Å². The number of ether oxygens (including phenoxy) is 1. The Hall–Kier alpha value is -1.92. The molecule has 6 heteroatoms. The van der Waals surface area contributed by atoms with Crippen LogP contribution in [0.5, 0.6) is 5.75 Å². The van der Waals surface area contributed by atoms with Gasteiger partial charge >= 0.3 is 0 Å². The van der Waals surface area contributed by atoms with Crippen LogP contribution in [0, 0.1) is 0 Å². The normalized spacial score (nSPS) is 26.4. The molecule has 2 aromatic rings. The summed E-state index contributed by atoms with van der Waals surface area (Å²) < 4.78 is 5.76. The standard InChI is InChI=1S/C23H28BNO3S/c1-14-16-6-2-3-8-18(16)19(10-11-21(14)29)23(26)25-22(24-27)12-15-13-28-20-9-5-4-7-17(15)20/h2-9,14-15,19,21-22,24,27,29H,10-13H2,1H3,(H,25,26)/t14?,15-,19?,21?,22+/m1/s1. The van der Waals surface area contributed by atoms with Crippen LogP contribution < -0.4 is 10.1 Å². The summed E-state index contributed by atoms with van der Waals surface area (Å²) in [5.41, 5.74) is 3.47. The first-order valence-electron chi connectivity index (χ1n) is 10.5. The lowest BCUT2D eigenvalue weighted by atomic mass is 9.79. The summed E-state index contributed by atoms with van der Waals surface area (Å²) in [7, 11) is -0.0790. The Morgan fingerprint density at radius 2 is 1.86 bits per heavy atom.